The zero-order chi connectivity index (χ0) is 8.81. The highest BCUT2D eigenvalue weighted by molar-refractivity contribution is 5.91. The van der Waals surface area contributed by atoms with Gasteiger partial charge < -0.3 is 0 Å². The molecular weight excluding hydrogens is 148 g/mol. The Balaban J connectivity index is 2.59. The normalized spacial score (nSPS) is 10.4. The molecule has 62 valence electrons. The second-order valence-corrected chi connectivity index (χ2v) is 2.63. The number of benzene rings is 1. The van der Waals surface area contributed by atoms with Gasteiger partial charge in [-0.2, -0.15) is 0 Å². The minimum atomic E-state index is 0.156. The van der Waals surface area contributed by atoms with Crippen molar-refractivity contribution in [2.45, 2.75) is 13.3 Å². The summed E-state index contributed by atoms with van der Waals surface area (Å²) >= 11 is 0. The van der Waals surface area contributed by atoms with E-state index in [9.17, 15) is 4.79 Å². The maximum atomic E-state index is 11.1. The summed E-state index contributed by atoms with van der Waals surface area (Å²) in [5.74, 6) is 0.156. The van der Waals surface area contributed by atoms with E-state index in [0.717, 1.165) is 5.56 Å². The average molecular weight is 160 g/mol. The molecule has 0 heterocycles. The molecular formula is C11H12O. The van der Waals surface area contributed by atoms with Crippen LogP contribution in [0.2, 0.25) is 0 Å². The second-order valence-electron chi connectivity index (χ2n) is 2.63. The van der Waals surface area contributed by atoms with Gasteiger partial charge in [-0.3, -0.25) is 4.79 Å². The van der Waals surface area contributed by atoms with E-state index in [4.69, 9.17) is 0 Å². The minimum absolute atomic E-state index is 0.156. The first-order chi connectivity index (χ1) is 5.83. The van der Waals surface area contributed by atoms with Crippen molar-refractivity contribution in [3.05, 3.63) is 48.0 Å². The predicted molar refractivity (Wildman–Crippen MR) is 50.0 cm³/mol. The van der Waals surface area contributed by atoms with Crippen molar-refractivity contribution in [1.29, 1.82) is 0 Å². The summed E-state index contributed by atoms with van der Waals surface area (Å²) in [5.41, 5.74) is 1.07. The molecule has 1 heteroatoms. The fourth-order valence-corrected chi connectivity index (χ4v) is 1.04. The number of carbonyl (C=O) groups excluding carboxylic acids is 1. The van der Waals surface area contributed by atoms with Crippen LogP contribution in [0.4, 0.5) is 0 Å². The van der Waals surface area contributed by atoms with Crippen molar-refractivity contribution in [3.8, 4) is 0 Å². The van der Waals surface area contributed by atoms with Gasteiger partial charge in [-0.15, -0.1) is 0 Å². The quantitative estimate of drug-likeness (QED) is 0.620. The summed E-state index contributed by atoms with van der Waals surface area (Å²) in [7, 11) is 0. The lowest BCUT2D eigenvalue weighted by Gasteiger charge is -1.94. The molecule has 0 unspecified atom stereocenters. The number of hydrogen-bond acceptors (Lipinski definition) is 1. The molecule has 0 aliphatic rings. The van der Waals surface area contributed by atoms with Gasteiger partial charge in [0, 0.05) is 6.42 Å². The van der Waals surface area contributed by atoms with Crippen molar-refractivity contribution >= 4 is 5.78 Å². The summed E-state index contributed by atoms with van der Waals surface area (Å²) < 4.78 is 0. The van der Waals surface area contributed by atoms with E-state index in [1.807, 2.05) is 37.3 Å². The molecule has 0 spiro atoms. The van der Waals surface area contributed by atoms with Crippen LogP contribution in [0.5, 0.6) is 0 Å². The van der Waals surface area contributed by atoms with Crippen LogP contribution < -0.4 is 0 Å². The van der Waals surface area contributed by atoms with Gasteiger partial charge in [-0.25, -0.2) is 0 Å². The van der Waals surface area contributed by atoms with Gasteiger partial charge >= 0.3 is 0 Å². The van der Waals surface area contributed by atoms with Crippen LogP contribution in [-0.2, 0) is 11.2 Å². The Hall–Kier alpha value is -1.37. The topological polar surface area (TPSA) is 17.1 Å². The Morgan fingerprint density at radius 2 is 2.00 bits per heavy atom. The summed E-state index contributed by atoms with van der Waals surface area (Å²) in [6.45, 7) is 1.85. The number of rotatable bonds is 3. The standard InChI is InChI=1S/C11H12O/c1-2-6-11(12)9-10-7-4-3-5-8-10/h2-8H,9H2,1H3. The molecule has 0 aliphatic heterocycles. The lowest BCUT2D eigenvalue weighted by Crippen LogP contribution is -1.97. The van der Waals surface area contributed by atoms with Gasteiger partial charge in [0.25, 0.3) is 0 Å². The monoisotopic (exact) mass is 160 g/mol. The van der Waals surface area contributed by atoms with Crippen molar-refractivity contribution < 1.29 is 4.79 Å². The minimum Gasteiger partial charge on any atom is -0.294 e. The first-order valence-electron chi connectivity index (χ1n) is 4.02. The number of hydrogen-bond donors (Lipinski definition) is 0. The van der Waals surface area contributed by atoms with Crippen LogP contribution in [-0.4, -0.2) is 5.78 Å². The Bertz CT molecular complexity index is 272. The van der Waals surface area contributed by atoms with Crippen molar-refractivity contribution in [2.75, 3.05) is 0 Å². The molecule has 1 aromatic carbocycles. The molecule has 0 aromatic heterocycles. The molecule has 1 nitrogen and oxygen atoms in total. The highest BCUT2D eigenvalue weighted by atomic mass is 16.1. The summed E-state index contributed by atoms with van der Waals surface area (Å²) in [6.07, 6.45) is 3.88. The molecule has 0 aliphatic carbocycles. The maximum Gasteiger partial charge on any atom is 0.159 e. The lowest BCUT2D eigenvalue weighted by atomic mass is 10.1. The second kappa shape index (κ2) is 4.50. The number of allylic oxidation sites excluding steroid dienone is 2. The van der Waals surface area contributed by atoms with Crippen LogP contribution in [0, 0.1) is 0 Å². The highest BCUT2D eigenvalue weighted by Gasteiger charge is 1.96. The van der Waals surface area contributed by atoms with E-state index in [1.54, 1.807) is 12.2 Å². The third-order valence-electron chi connectivity index (χ3n) is 1.57. The van der Waals surface area contributed by atoms with Crippen LogP contribution in [0.25, 0.3) is 0 Å². The van der Waals surface area contributed by atoms with E-state index in [-0.39, 0.29) is 5.78 Å². The third-order valence-corrected chi connectivity index (χ3v) is 1.57. The zero-order valence-corrected chi connectivity index (χ0v) is 7.16. The maximum absolute atomic E-state index is 11.1. The van der Waals surface area contributed by atoms with Gasteiger partial charge in [0.15, 0.2) is 5.78 Å². The smallest absolute Gasteiger partial charge is 0.159 e. The molecule has 0 atom stereocenters. The molecule has 0 N–H and O–H groups in total. The highest BCUT2D eigenvalue weighted by Crippen LogP contribution is 2.00. The van der Waals surface area contributed by atoms with Crippen LogP contribution in [0.15, 0.2) is 42.5 Å². The molecule has 0 saturated heterocycles. The summed E-state index contributed by atoms with van der Waals surface area (Å²) in [5, 5.41) is 0. The molecule has 0 radical (unpaired) electrons. The average Bonchev–Trinajstić information content (AvgIpc) is 2.06. The van der Waals surface area contributed by atoms with Gasteiger partial charge in [0.05, 0.1) is 0 Å². The molecule has 1 rings (SSSR count). The van der Waals surface area contributed by atoms with E-state index in [0.29, 0.717) is 6.42 Å². The van der Waals surface area contributed by atoms with Gasteiger partial charge in [-0.1, -0.05) is 36.4 Å². The van der Waals surface area contributed by atoms with Gasteiger partial charge in [-0.05, 0) is 18.6 Å². The Kier molecular flexibility index (Phi) is 3.27. The zero-order valence-electron chi connectivity index (χ0n) is 7.16. The van der Waals surface area contributed by atoms with Gasteiger partial charge in [0.1, 0.15) is 0 Å². The van der Waals surface area contributed by atoms with Crippen LogP contribution >= 0.6 is 0 Å². The summed E-state index contributed by atoms with van der Waals surface area (Å²) in [6, 6.07) is 9.75. The van der Waals surface area contributed by atoms with Crippen molar-refractivity contribution in [3.63, 3.8) is 0 Å². The van der Waals surface area contributed by atoms with E-state index < -0.39 is 0 Å². The largest absolute Gasteiger partial charge is 0.294 e. The summed E-state index contributed by atoms with van der Waals surface area (Å²) in [4.78, 5) is 11.1. The molecule has 1 aromatic rings. The first-order valence-corrected chi connectivity index (χ1v) is 4.02. The predicted octanol–water partition coefficient (Wildman–Crippen LogP) is 2.37. The van der Waals surface area contributed by atoms with E-state index in [1.165, 1.54) is 0 Å². The van der Waals surface area contributed by atoms with Gasteiger partial charge in [0.2, 0.25) is 0 Å². The van der Waals surface area contributed by atoms with Crippen molar-refractivity contribution in [1.82, 2.24) is 0 Å². The molecule has 0 fully saturated rings. The van der Waals surface area contributed by atoms with E-state index >= 15 is 0 Å². The first kappa shape index (κ1) is 8.72. The van der Waals surface area contributed by atoms with Crippen molar-refractivity contribution in [2.24, 2.45) is 0 Å². The lowest BCUT2D eigenvalue weighted by molar-refractivity contribution is -0.114. The third kappa shape index (κ3) is 2.70. The van der Waals surface area contributed by atoms with E-state index in [2.05, 4.69) is 0 Å². The molecule has 12 heavy (non-hydrogen) atoms. The Labute approximate surface area is 72.7 Å². The van der Waals surface area contributed by atoms with Crippen LogP contribution in [0.3, 0.4) is 0 Å². The fraction of sp³-hybridized carbons (Fsp3) is 0.182. The molecule has 0 saturated carbocycles. The SMILES string of the molecule is CC=CC(=O)Cc1ccccc1. The van der Waals surface area contributed by atoms with Crippen LogP contribution in [0.1, 0.15) is 12.5 Å². The number of carbonyl (C=O) groups is 1. The Morgan fingerprint density at radius 1 is 1.33 bits per heavy atom. The fourth-order valence-electron chi connectivity index (χ4n) is 1.04. The molecule has 0 amide bonds. The number of ketones is 1. The molecule has 0 bridgehead atoms. The Morgan fingerprint density at radius 3 is 2.58 bits per heavy atom.